The van der Waals surface area contributed by atoms with E-state index in [0.717, 1.165) is 42.9 Å². The minimum absolute atomic E-state index is 0.0412. The van der Waals surface area contributed by atoms with E-state index in [1.807, 2.05) is 60.8 Å². The van der Waals surface area contributed by atoms with Gasteiger partial charge >= 0.3 is 0 Å². The molecule has 1 amide bonds. The number of likely N-dealkylation sites (tertiary alicyclic amines) is 1. The van der Waals surface area contributed by atoms with Gasteiger partial charge in [-0.15, -0.1) is 5.10 Å². The number of nitrogens with zero attached hydrogens (tertiary/aromatic N) is 4. The molecule has 0 unspecified atom stereocenters. The third-order valence-electron chi connectivity index (χ3n) is 4.90. The minimum Gasteiger partial charge on any atom is -0.348 e. The first-order valence-electron chi connectivity index (χ1n) is 9.27. The van der Waals surface area contributed by atoms with E-state index in [4.69, 9.17) is 0 Å². The third kappa shape index (κ3) is 4.06. The number of benzene rings is 2. The largest absolute Gasteiger partial charge is 0.348 e. The van der Waals surface area contributed by atoms with Crippen LogP contribution in [0.15, 0.2) is 60.8 Å². The number of likely N-dealkylation sites (N-methyl/N-ethyl adjacent to an activating group) is 1. The van der Waals surface area contributed by atoms with Crippen molar-refractivity contribution in [2.75, 3.05) is 20.1 Å². The maximum atomic E-state index is 12.7. The van der Waals surface area contributed by atoms with E-state index in [0.29, 0.717) is 5.56 Å². The second kappa shape index (κ2) is 7.72. The predicted octanol–water partition coefficient (Wildman–Crippen LogP) is 2.76. The zero-order valence-corrected chi connectivity index (χ0v) is 15.4. The Hall–Kier alpha value is -2.99. The Morgan fingerprint density at radius 3 is 2.81 bits per heavy atom. The van der Waals surface area contributed by atoms with E-state index in [1.54, 1.807) is 4.68 Å². The van der Waals surface area contributed by atoms with Crippen LogP contribution in [-0.4, -0.2) is 52.0 Å². The van der Waals surface area contributed by atoms with Gasteiger partial charge in [0.15, 0.2) is 0 Å². The number of piperidine rings is 1. The maximum absolute atomic E-state index is 12.7. The van der Waals surface area contributed by atoms with Gasteiger partial charge in [0.2, 0.25) is 0 Å². The predicted molar refractivity (Wildman–Crippen MR) is 105 cm³/mol. The van der Waals surface area contributed by atoms with Crippen LogP contribution in [0.3, 0.4) is 0 Å². The third-order valence-corrected chi connectivity index (χ3v) is 4.90. The van der Waals surface area contributed by atoms with Crippen molar-refractivity contribution in [2.45, 2.75) is 18.9 Å². The SMILES string of the molecule is CN1CCC[C@H](NC(=O)c2cccc(-n3cc(-c4ccccc4)nn3)c2)C1. The molecule has 1 N–H and O–H groups in total. The molecular formula is C21H23N5O. The number of hydrogen-bond donors (Lipinski definition) is 1. The summed E-state index contributed by atoms with van der Waals surface area (Å²) in [4.78, 5) is 14.9. The second-order valence-corrected chi connectivity index (χ2v) is 7.04. The van der Waals surface area contributed by atoms with Crippen molar-refractivity contribution in [1.29, 1.82) is 0 Å². The molecule has 4 rings (SSSR count). The summed E-state index contributed by atoms with van der Waals surface area (Å²) in [6.07, 6.45) is 4.02. The number of carbonyl (C=O) groups is 1. The summed E-state index contributed by atoms with van der Waals surface area (Å²) in [5.74, 6) is -0.0412. The standard InChI is InChI=1S/C21H23N5O/c1-25-12-6-10-18(14-25)22-21(27)17-9-5-11-19(13-17)26-15-20(23-24-26)16-7-3-2-4-8-16/h2-5,7-9,11,13,15,18H,6,10,12,14H2,1H3,(H,22,27)/t18-/m0/s1. The smallest absolute Gasteiger partial charge is 0.251 e. The first-order chi connectivity index (χ1) is 13.2. The lowest BCUT2D eigenvalue weighted by atomic mass is 10.1. The monoisotopic (exact) mass is 361 g/mol. The van der Waals surface area contributed by atoms with Crippen LogP contribution in [-0.2, 0) is 0 Å². The van der Waals surface area contributed by atoms with Crippen LogP contribution < -0.4 is 5.32 Å². The van der Waals surface area contributed by atoms with Crippen LogP contribution in [0, 0.1) is 0 Å². The van der Waals surface area contributed by atoms with Crippen LogP contribution in [0.1, 0.15) is 23.2 Å². The summed E-state index contributed by atoms with van der Waals surface area (Å²) >= 11 is 0. The molecule has 0 radical (unpaired) electrons. The fourth-order valence-electron chi connectivity index (χ4n) is 3.47. The van der Waals surface area contributed by atoms with Crippen LogP contribution >= 0.6 is 0 Å². The molecule has 27 heavy (non-hydrogen) atoms. The highest BCUT2D eigenvalue weighted by atomic mass is 16.1. The molecule has 6 heteroatoms. The van der Waals surface area contributed by atoms with E-state index < -0.39 is 0 Å². The lowest BCUT2D eigenvalue weighted by molar-refractivity contribution is 0.0912. The van der Waals surface area contributed by atoms with E-state index in [-0.39, 0.29) is 11.9 Å². The Kier molecular flexibility index (Phi) is 4.98. The highest BCUT2D eigenvalue weighted by molar-refractivity contribution is 5.94. The van der Waals surface area contributed by atoms with Gasteiger partial charge in [-0.25, -0.2) is 4.68 Å². The van der Waals surface area contributed by atoms with Gasteiger partial charge in [0.1, 0.15) is 5.69 Å². The lowest BCUT2D eigenvalue weighted by Gasteiger charge is -2.30. The van der Waals surface area contributed by atoms with Gasteiger partial charge in [0, 0.05) is 23.7 Å². The van der Waals surface area contributed by atoms with Gasteiger partial charge in [-0.3, -0.25) is 4.79 Å². The molecule has 138 valence electrons. The average Bonchev–Trinajstić information content (AvgIpc) is 3.19. The van der Waals surface area contributed by atoms with Gasteiger partial charge in [-0.2, -0.15) is 0 Å². The van der Waals surface area contributed by atoms with Crippen LogP contribution in [0.5, 0.6) is 0 Å². The number of rotatable bonds is 4. The first-order valence-corrected chi connectivity index (χ1v) is 9.27. The van der Waals surface area contributed by atoms with E-state index >= 15 is 0 Å². The molecule has 0 aliphatic carbocycles. The summed E-state index contributed by atoms with van der Waals surface area (Å²) in [6, 6.07) is 17.6. The lowest BCUT2D eigenvalue weighted by Crippen LogP contribution is -2.46. The summed E-state index contributed by atoms with van der Waals surface area (Å²) < 4.78 is 1.70. The van der Waals surface area contributed by atoms with Gasteiger partial charge in [0.25, 0.3) is 5.91 Å². The van der Waals surface area contributed by atoms with Crippen molar-refractivity contribution in [2.24, 2.45) is 0 Å². The van der Waals surface area contributed by atoms with Crippen LogP contribution in [0.25, 0.3) is 16.9 Å². The fraction of sp³-hybridized carbons (Fsp3) is 0.286. The molecule has 0 spiro atoms. The van der Waals surface area contributed by atoms with Crippen molar-refractivity contribution in [1.82, 2.24) is 25.2 Å². The second-order valence-electron chi connectivity index (χ2n) is 7.04. The average molecular weight is 361 g/mol. The van der Waals surface area contributed by atoms with Crippen molar-refractivity contribution in [3.8, 4) is 16.9 Å². The number of amides is 1. The fourth-order valence-corrected chi connectivity index (χ4v) is 3.47. The summed E-state index contributed by atoms with van der Waals surface area (Å²) in [7, 11) is 2.09. The van der Waals surface area contributed by atoms with Crippen LogP contribution in [0.2, 0.25) is 0 Å². The van der Waals surface area contributed by atoms with Gasteiger partial charge < -0.3 is 10.2 Å². The van der Waals surface area contributed by atoms with E-state index in [2.05, 4.69) is 27.6 Å². The van der Waals surface area contributed by atoms with Crippen molar-refractivity contribution in [3.05, 3.63) is 66.4 Å². The molecule has 1 saturated heterocycles. The van der Waals surface area contributed by atoms with Gasteiger partial charge in [-0.05, 0) is 44.6 Å². The molecule has 1 atom stereocenters. The highest BCUT2D eigenvalue weighted by Crippen LogP contribution is 2.18. The van der Waals surface area contributed by atoms with Crippen molar-refractivity contribution in [3.63, 3.8) is 0 Å². The zero-order valence-electron chi connectivity index (χ0n) is 15.4. The first kappa shape index (κ1) is 17.4. The Labute approximate surface area is 158 Å². The Balaban J connectivity index is 1.51. The normalized spacial score (nSPS) is 17.6. The number of aromatic nitrogens is 3. The zero-order chi connectivity index (χ0) is 18.6. The molecule has 1 aliphatic heterocycles. The summed E-state index contributed by atoms with van der Waals surface area (Å²) in [6.45, 7) is 1.99. The maximum Gasteiger partial charge on any atom is 0.251 e. The number of carbonyl (C=O) groups excluding carboxylic acids is 1. The Morgan fingerprint density at radius 2 is 2.00 bits per heavy atom. The number of nitrogens with one attached hydrogen (secondary N) is 1. The summed E-state index contributed by atoms with van der Waals surface area (Å²) in [5.41, 5.74) is 3.27. The molecule has 2 aromatic carbocycles. The molecule has 1 aliphatic rings. The highest BCUT2D eigenvalue weighted by Gasteiger charge is 2.19. The Morgan fingerprint density at radius 1 is 1.15 bits per heavy atom. The van der Waals surface area contributed by atoms with Crippen LogP contribution in [0.4, 0.5) is 0 Å². The van der Waals surface area contributed by atoms with Crippen molar-refractivity contribution >= 4 is 5.91 Å². The molecule has 2 heterocycles. The topological polar surface area (TPSA) is 63.1 Å². The molecular weight excluding hydrogens is 338 g/mol. The quantitative estimate of drug-likeness (QED) is 0.776. The molecule has 3 aromatic rings. The molecule has 1 aromatic heterocycles. The molecule has 0 bridgehead atoms. The Bertz CT molecular complexity index is 921. The van der Waals surface area contributed by atoms with Gasteiger partial charge in [0.05, 0.1) is 11.9 Å². The minimum atomic E-state index is -0.0412. The van der Waals surface area contributed by atoms with Gasteiger partial charge in [-0.1, -0.05) is 41.6 Å². The van der Waals surface area contributed by atoms with Crippen molar-refractivity contribution < 1.29 is 4.79 Å². The number of hydrogen-bond acceptors (Lipinski definition) is 4. The summed E-state index contributed by atoms with van der Waals surface area (Å²) in [5, 5.41) is 11.6. The molecule has 6 nitrogen and oxygen atoms in total. The molecule has 0 saturated carbocycles. The van der Waals surface area contributed by atoms with E-state index in [9.17, 15) is 4.79 Å². The molecule has 1 fully saturated rings. The van der Waals surface area contributed by atoms with E-state index in [1.165, 1.54) is 0 Å².